The van der Waals surface area contributed by atoms with E-state index >= 15 is 0 Å². The quantitative estimate of drug-likeness (QED) is 0.795. The lowest BCUT2D eigenvalue weighted by Gasteiger charge is -2.18. The van der Waals surface area contributed by atoms with Crippen LogP contribution in [0.25, 0.3) is 0 Å². The molecule has 2 nitrogen and oxygen atoms in total. The largest absolute Gasteiger partial charge is 0.491 e. The fraction of sp³-hybridized carbons (Fsp3) is 0.529. The summed E-state index contributed by atoms with van der Waals surface area (Å²) < 4.78 is 5.67. The molecule has 2 heteroatoms. The topological polar surface area (TPSA) is 29.5 Å². The third-order valence-electron chi connectivity index (χ3n) is 3.46. The predicted molar refractivity (Wildman–Crippen MR) is 78.3 cm³/mol. The van der Waals surface area contributed by atoms with Gasteiger partial charge in [0.25, 0.3) is 0 Å². The summed E-state index contributed by atoms with van der Waals surface area (Å²) >= 11 is 0. The minimum Gasteiger partial charge on any atom is -0.491 e. The van der Waals surface area contributed by atoms with Crippen LogP contribution in [0.3, 0.4) is 0 Å². The van der Waals surface area contributed by atoms with Crippen molar-refractivity contribution < 1.29 is 9.84 Å². The molecule has 1 aromatic rings. The van der Waals surface area contributed by atoms with Gasteiger partial charge in [-0.25, -0.2) is 0 Å². The van der Waals surface area contributed by atoms with Gasteiger partial charge in [0, 0.05) is 0 Å². The smallest absolute Gasteiger partial charge is 0.120 e. The fourth-order valence-corrected chi connectivity index (χ4v) is 2.52. The van der Waals surface area contributed by atoms with Crippen LogP contribution in [0, 0.1) is 0 Å². The van der Waals surface area contributed by atoms with Gasteiger partial charge in [-0.05, 0) is 63.6 Å². The van der Waals surface area contributed by atoms with Crippen LogP contribution in [-0.4, -0.2) is 11.2 Å². The number of hydrogen-bond donors (Lipinski definition) is 1. The highest BCUT2D eigenvalue weighted by molar-refractivity contribution is 5.30. The second-order valence-corrected chi connectivity index (χ2v) is 5.57. The van der Waals surface area contributed by atoms with Crippen LogP contribution < -0.4 is 4.74 Å². The Bertz CT molecular complexity index is 435. The van der Waals surface area contributed by atoms with E-state index in [0.29, 0.717) is 0 Å². The van der Waals surface area contributed by atoms with Crippen LogP contribution in [0.4, 0.5) is 0 Å². The van der Waals surface area contributed by atoms with E-state index in [2.05, 4.69) is 6.08 Å². The van der Waals surface area contributed by atoms with Gasteiger partial charge in [0.1, 0.15) is 5.75 Å². The van der Waals surface area contributed by atoms with Gasteiger partial charge in [-0.2, -0.15) is 0 Å². The van der Waals surface area contributed by atoms with Gasteiger partial charge in [-0.3, -0.25) is 0 Å². The van der Waals surface area contributed by atoms with Crippen LogP contribution in [0.15, 0.2) is 35.9 Å². The number of rotatable bonds is 5. The number of hydrogen-bond acceptors (Lipinski definition) is 2. The van der Waals surface area contributed by atoms with E-state index in [9.17, 15) is 5.11 Å². The second kappa shape index (κ2) is 6.76. The minimum atomic E-state index is -0.417. The Morgan fingerprint density at radius 1 is 1.26 bits per heavy atom. The first-order valence-corrected chi connectivity index (χ1v) is 7.28. The summed E-state index contributed by atoms with van der Waals surface area (Å²) in [7, 11) is 0. The number of benzene rings is 1. The van der Waals surface area contributed by atoms with E-state index in [1.54, 1.807) is 0 Å². The van der Waals surface area contributed by atoms with Crippen molar-refractivity contribution in [1.82, 2.24) is 0 Å². The van der Waals surface area contributed by atoms with Gasteiger partial charge in [-0.15, -0.1) is 0 Å². The first-order valence-electron chi connectivity index (χ1n) is 7.28. The van der Waals surface area contributed by atoms with Crippen molar-refractivity contribution in [3.05, 3.63) is 41.5 Å². The summed E-state index contributed by atoms with van der Waals surface area (Å²) in [5.41, 5.74) is 2.35. The van der Waals surface area contributed by atoms with Crippen LogP contribution >= 0.6 is 0 Å². The maximum absolute atomic E-state index is 10.3. The number of ether oxygens (including phenoxy) is 1. The van der Waals surface area contributed by atoms with Crippen molar-refractivity contribution in [1.29, 1.82) is 0 Å². The first kappa shape index (κ1) is 14.1. The highest BCUT2D eigenvalue weighted by Gasteiger charge is 2.13. The van der Waals surface area contributed by atoms with Crippen LogP contribution in [0.5, 0.6) is 5.75 Å². The zero-order valence-corrected chi connectivity index (χ0v) is 11.9. The summed E-state index contributed by atoms with van der Waals surface area (Å²) in [6.45, 7) is 4.02. The SMILES string of the molecule is CC(C)Oc1cccc(C(O)CC2=CCCCC2)c1. The van der Waals surface area contributed by atoms with Crippen LogP contribution in [0.2, 0.25) is 0 Å². The summed E-state index contributed by atoms with van der Waals surface area (Å²) in [5, 5.41) is 10.3. The number of aliphatic hydroxyl groups excluding tert-OH is 1. The molecule has 1 N–H and O–H groups in total. The van der Waals surface area contributed by atoms with E-state index in [1.165, 1.54) is 24.8 Å². The zero-order valence-electron chi connectivity index (χ0n) is 11.9. The standard InChI is InChI=1S/C17H24O2/c1-13(2)19-16-10-6-9-15(12-16)17(18)11-14-7-4-3-5-8-14/h6-7,9-10,12-13,17-18H,3-5,8,11H2,1-2H3. The van der Waals surface area contributed by atoms with Crippen molar-refractivity contribution in [2.75, 3.05) is 0 Å². The summed E-state index contributed by atoms with van der Waals surface area (Å²) in [6, 6.07) is 7.82. The maximum Gasteiger partial charge on any atom is 0.120 e. The van der Waals surface area contributed by atoms with Crippen molar-refractivity contribution in [2.45, 2.75) is 58.2 Å². The molecule has 1 atom stereocenters. The van der Waals surface area contributed by atoms with E-state index < -0.39 is 6.10 Å². The molecular weight excluding hydrogens is 236 g/mol. The number of aliphatic hydroxyl groups is 1. The minimum absolute atomic E-state index is 0.161. The Hall–Kier alpha value is -1.28. The molecule has 0 fully saturated rings. The lowest BCUT2D eigenvalue weighted by molar-refractivity contribution is 0.175. The van der Waals surface area contributed by atoms with E-state index in [-0.39, 0.29) is 6.10 Å². The third-order valence-corrected chi connectivity index (χ3v) is 3.46. The first-order chi connectivity index (χ1) is 9.15. The van der Waals surface area contributed by atoms with Gasteiger partial charge < -0.3 is 9.84 Å². The molecule has 0 aromatic heterocycles. The molecule has 1 unspecified atom stereocenters. The number of allylic oxidation sites excluding steroid dienone is 1. The average Bonchev–Trinajstić information content (AvgIpc) is 2.39. The molecule has 0 saturated heterocycles. The van der Waals surface area contributed by atoms with E-state index in [1.807, 2.05) is 38.1 Å². The van der Waals surface area contributed by atoms with Crippen LogP contribution in [-0.2, 0) is 0 Å². The molecule has 1 aromatic carbocycles. The van der Waals surface area contributed by atoms with Gasteiger partial charge >= 0.3 is 0 Å². The van der Waals surface area contributed by atoms with Crippen molar-refractivity contribution in [3.63, 3.8) is 0 Å². The molecular formula is C17H24O2. The summed E-state index contributed by atoms with van der Waals surface area (Å²) in [4.78, 5) is 0. The lowest BCUT2D eigenvalue weighted by Crippen LogP contribution is -2.07. The molecule has 0 aliphatic heterocycles. The Morgan fingerprint density at radius 2 is 2.11 bits per heavy atom. The van der Waals surface area contributed by atoms with Crippen molar-refractivity contribution >= 4 is 0 Å². The molecule has 0 amide bonds. The third kappa shape index (κ3) is 4.39. The summed E-state index contributed by atoms with van der Waals surface area (Å²) in [5.74, 6) is 0.837. The molecule has 0 bridgehead atoms. The normalized spacial score (nSPS) is 17.2. The zero-order chi connectivity index (χ0) is 13.7. The van der Waals surface area contributed by atoms with Gasteiger partial charge in [0.15, 0.2) is 0 Å². The van der Waals surface area contributed by atoms with Gasteiger partial charge in [0.2, 0.25) is 0 Å². The molecule has 1 aliphatic carbocycles. The molecule has 0 spiro atoms. The highest BCUT2D eigenvalue weighted by atomic mass is 16.5. The molecule has 0 saturated carbocycles. The molecule has 2 rings (SSSR count). The van der Waals surface area contributed by atoms with Crippen molar-refractivity contribution in [3.8, 4) is 5.75 Å². The van der Waals surface area contributed by atoms with Gasteiger partial charge in [-0.1, -0.05) is 23.8 Å². The van der Waals surface area contributed by atoms with Gasteiger partial charge in [0.05, 0.1) is 12.2 Å². The molecule has 0 radical (unpaired) electrons. The average molecular weight is 260 g/mol. The van der Waals surface area contributed by atoms with Crippen LogP contribution in [0.1, 0.15) is 57.6 Å². The Labute approximate surface area is 116 Å². The summed E-state index contributed by atoms with van der Waals surface area (Å²) in [6.07, 6.45) is 7.64. The fourth-order valence-electron chi connectivity index (χ4n) is 2.52. The predicted octanol–water partition coefficient (Wildman–Crippen LogP) is 4.40. The molecule has 19 heavy (non-hydrogen) atoms. The molecule has 1 aliphatic rings. The molecule has 104 valence electrons. The Kier molecular flexibility index (Phi) is 5.03. The highest BCUT2D eigenvalue weighted by Crippen LogP contribution is 2.29. The Morgan fingerprint density at radius 3 is 2.79 bits per heavy atom. The lowest BCUT2D eigenvalue weighted by atomic mass is 9.93. The maximum atomic E-state index is 10.3. The van der Waals surface area contributed by atoms with Crippen molar-refractivity contribution in [2.24, 2.45) is 0 Å². The van der Waals surface area contributed by atoms with E-state index in [4.69, 9.17) is 4.74 Å². The molecule has 0 heterocycles. The Balaban J connectivity index is 2.01. The monoisotopic (exact) mass is 260 g/mol. The second-order valence-electron chi connectivity index (χ2n) is 5.57. The van der Waals surface area contributed by atoms with E-state index in [0.717, 1.165) is 24.2 Å².